The van der Waals surface area contributed by atoms with Crippen LogP contribution in [0.5, 0.6) is 0 Å². The largest absolute Gasteiger partial charge is 0.394 e. The summed E-state index contributed by atoms with van der Waals surface area (Å²) in [6.45, 7) is 1.96. The Morgan fingerprint density at radius 3 is 2.82 bits per heavy atom. The zero-order chi connectivity index (χ0) is 23.2. The van der Waals surface area contributed by atoms with Gasteiger partial charge in [0.2, 0.25) is 11.9 Å². The van der Waals surface area contributed by atoms with Gasteiger partial charge in [-0.1, -0.05) is 29.8 Å². The molecule has 0 radical (unpaired) electrons. The molecular formula is C21H23ClFN7O3. The molecule has 174 valence electrons. The molecule has 0 spiro atoms. The minimum atomic E-state index is -0.750. The molecule has 1 saturated heterocycles. The topological polar surface area (TPSA) is 117 Å². The van der Waals surface area contributed by atoms with E-state index in [2.05, 4.69) is 25.7 Å². The molecule has 4 rings (SSSR count). The van der Waals surface area contributed by atoms with E-state index in [1.54, 1.807) is 35.5 Å². The number of benzene rings is 1. The Hall–Kier alpha value is -3.28. The van der Waals surface area contributed by atoms with Crippen molar-refractivity contribution in [2.24, 2.45) is 0 Å². The van der Waals surface area contributed by atoms with E-state index in [0.29, 0.717) is 32.0 Å². The van der Waals surface area contributed by atoms with E-state index in [1.165, 1.54) is 16.9 Å². The second-order valence-electron chi connectivity index (χ2n) is 7.34. The number of ether oxygens (including phenoxy) is 1. The average Bonchev–Trinajstić information content (AvgIpc) is 3.27. The fraction of sp³-hybridized carbons (Fsp3) is 0.333. The summed E-state index contributed by atoms with van der Waals surface area (Å²) in [6.07, 6.45) is 4.61. The monoisotopic (exact) mass is 475 g/mol. The van der Waals surface area contributed by atoms with Gasteiger partial charge in [0.05, 0.1) is 43.9 Å². The van der Waals surface area contributed by atoms with E-state index in [-0.39, 0.29) is 41.4 Å². The maximum Gasteiger partial charge on any atom is 0.244 e. The first kappa shape index (κ1) is 22.9. The molecule has 3 aromatic rings. The van der Waals surface area contributed by atoms with Crippen molar-refractivity contribution in [3.8, 4) is 0 Å². The standard InChI is InChI=1S/C21H23ClFN7O3/c22-16-10-24-21(28-20(16)27-18(13-31)15-3-1-2-4-17(15)23)26-14-9-25-30(11-14)12-19(32)29-5-7-33-8-6-29/h1-4,9-11,18,31H,5-8,12-13H2,(H2,24,26,27,28)/t18-/m1/s1. The Morgan fingerprint density at radius 2 is 2.06 bits per heavy atom. The highest BCUT2D eigenvalue weighted by molar-refractivity contribution is 6.32. The number of rotatable bonds is 8. The van der Waals surface area contributed by atoms with Gasteiger partial charge in [0.25, 0.3) is 0 Å². The molecule has 1 fully saturated rings. The van der Waals surface area contributed by atoms with E-state index < -0.39 is 11.9 Å². The van der Waals surface area contributed by atoms with Gasteiger partial charge in [-0.15, -0.1) is 0 Å². The van der Waals surface area contributed by atoms with Crippen molar-refractivity contribution in [3.05, 3.63) is 59.3 Å². The SMILES string of the molecule is O=C(Cn1cc(Nc2ncc(Cl)c(N[C@H](CO)c3ccccc3F)n2)cn1)N1CCOCC1. The van der Waals surface area contributed by atoms with E-state index in [4.69, 9.17) is 16.3 Å². The average molecular weight is 476 g/mol. The van der Waals surface area contributed by atoms with Crippen molar-refractivity contribution in [1.82, 2.24) is 24.6 Å². The molecule has 10 nitrogen and oxygen atoms in total. The summed E-state index contributed by atoms with van der Waals surface area (Å²) in [5.74, 6) is -0.0467. The van der Waals surface area contributed by atoms with Crippen molar-refractivity contribution >= 4 is 35.0 Å². The number of carbonyl (C=O) groups excluding carboxylic acids is 1. The third-order valence-electron chi connectivity index (χ3n) is 5.07. The smallest absolute Gasteiger partial charge is 0.244 e. The molecule has 1 aromatic carbocycles. The fourth-order valence-electron chi connectivity index (χ4n) is 3.37. The van der Waals surface area contributed by atoms with Crippen molar-refractivity contribution in [1.29, 1.82) is 0 Å². The molecule has 3 N–H and O–H groups in total. The van der Waals surface area contributed by atoms with Crippen molar-refractivity contribution < 1.29 is 19.0 Å². The third kappa shape index (κ3) is 5.75. The van der Waals surface area contributed by atoms with Crippen LogP contribution in [0.1, 0.15) is 11.6 Å². The number of morpholine rings is 1. The first-order chi connectivity index (χ1) is 16.0. The molecule has 12 heteroatoms. The molecule has 3 heterocycles. The number of hydrogen-bond donors (Lipinski definition) is 3. The summed E-state index contributed by atoms with van der Waals surface area (Å²) in [5.41, 5.74) is 0.862. The van der Waals surface area contributed by atoms with E-state index in [0.717, 1.165) is 0 Å². The van der Waals surface area contributed by atoms with Crippen LogP contribution in [0.15, 0.2) is 42.9 Å². The minimum Gasteiger partial charge on any atom is -0.394 e. The lowest BCUT2D eigenvalue weighted by molar-refractivity contribution is -0.136. The van der Waals surface area contributed by atoms with Crippen LogP contribution in [-0.4, -0.2) is 68.6 Å². The van der Waals surface area contributed by atoms with E-state index >= 15 is 0 Å². The molecule has 1 amide bonds. The number of aromatic nitrogens is 4. The normalized spacial score (nSPS) is 14.7. The van der Waals surface area contributed by atoms with Crippen LogP contribution in [0.3, 0.4) is 0 Å². The van der Waals surface area contributed by atoms with Gasteiger partial charge in [-0.05, 0) is 6.07 Å². The summed E-state index contributed by atoms with van der Waals surface area (Å²) in [5, 5.41) is 20.1. The van der Waals surface area contributed by atoms with E-state index in [9.17, 15) is 14.3 Å². The predicted molar refractivity (Wildman–Crippen MR) is 120 cm³/mol. The first-order valence-electron chi connectivity index (χ1n) is 10.3. The molecule has 33 heavy (non-hydrogen) atoms. The first-order valence-corrected chi connectivity index (χ1v) is 10.7. The predicted octanol–water partition coefficient (Wildman–Crippen LogP) is 2.21. The van der Waals surface area contributed by atoms with Crippen LogP contribution in [-0.2, 0) is 16.1 Å². The maximum absolute atomic E-state index is 14.1. The second-order valence-corrected chi connectivity index (χ2v) is 7.74. The Labute approximate surface area is 194 Å². The summed E-state index contributed by atoms with van der Waals surface area (Å²) in [7, 11) is 0. The van der Waals surface area contributed by atoms with Gasteiger partial charge in [-0.2, -0.15) is 10.1 Å². The zero-order valence-corrected chi connectivity index (χ0v) is 18.4. The van der Waals surface area contributed by atoms with Gasteiger partial charge in [-0.25, -0.2) is 9.37 Å². The molecular weight excluding hydrogens is 453 g/mol. The lowest BCUT2D eigenvalue weighted by atomic mass is 10.1. The van der Waals surface area contributed by atoms with Gasteiger partial charge in [0.1, 0.15) is 17.4 Å². The van der Waals surface area contributed by atoms with Crippen molar-refractivity contribution in [2.75, 3.05) is 43.5 Å². The quantitative estimate of drug-likeness (QED) is 0.454. The van der Waals surface area contributed by atoms with Crippen LogP contribution < -0.4 is 10.6 Å². The number of hydrogen-bond acceptors (Lipinski definition) is 8. The van der Waals surface area contributed by atoms with Gasteiger partial charge in [-0.3, -0.25) is 9.48 Å². The molecule has 1 atom stereocenters. The summed E-state index contributed by atoms with van der Waals surface area (Å²) in [6, 6.07) is 5.39. The maximum atomic E-state index is 14.1. The highest BCUT2D eigenvalue weighted by Crippen LogP contribution is 2.26. The van der Waals surface area contributed by atoms with Crippen LogP contribution in [0.25, 0.3) is 0 Å². The van der Waals surface area contributed by atoms with Gasteiger partial charge < -0.3 is 25.4 Å². The molecule has 1 aliphatic heterocycles. The number of aliphatic hydroxyl groups excluding tert-OH is 1. The third-order valence-corrected chi connectivity index (χ3v) is 5.35. The Bertz CT molecular complexity index is 1110. The van der Waals surface area contributed by atoms with Crippen molar-refractivity contribution in [2.45, 2.75) is 12.6 Å². The lowest BCUT2D eigenvalue weighted by Crippen LogP contribution is -2.42. The molecule has 0 aliphatic carbocycles. The van der Waals surface area contributed by atoms with Crippen LogP contribution in [0.4, 0.5) is 21.8 Å². The van der Waals surface area contributed by atoms with Crippen molar-refractivity contribution in [3.63, 3.8) is 0 Å². The van der Waals surface area contributed by atoms with Gasteiger partial charge >= 0.3 is 0 Å². The van der Waals surface area contributed by atoms with Crippen LogP contribution in [0, 0.1) is 5.82 Å². The molecule has 0 bridgehead atoms. The molecule has 1 aliphatic rings. The molecule has 0 unspecified atom stereocenters. The second kappa shape index (κ2) is 10.6. The lowest BCUT2D eigenvalue weighted by Gasteiger charge is -2.26. The summed E-state index contributed by atoms with van der Waals surface area (Å²) < 4.78 is 20.9. The Balaban J connectivity index is 1.43. The number of anilines is 3. The van der Waals surface area contributed by atoms with Gasteiger partial charge in [0, 0.05) is 24.8 Å². The highest BCUT2D eigenvalue weighted by atomic mass is 35.5. The molecule has 2 aromatic heterocycles. The Kier molecular flexibility index (Phi) is 7.33. The number of carbonyl (C=O) groups is 1. The minimum absolute atomic E-state index is 0.0367. The Morgan fingerprint density at radius 1 is 1.27 bits per heavy atom. The zero-order valence-electron chi connectivity index (χ0n) is 17.6. The fourth-order valence-corrected chi connectivity index (χ4v) is 3.51. The number of nitrogens with one attached hydrogen (secondary N) is 2. The summed E-state index contributed by atoms with van der Waals surface area (Å²) in [4.78, 5) is 22.6. The van der Waals surface area contributed by atoms with E-state index in [1.807, 2.05) is 0 Å². The van der Waals surface area contributed by atoms with Gasteiger partial charge in [0.15, 0.2) is 5.82 Å². The summed E-state index contributed by atoms with van der Waals surface area (Å²) >= 11 is 6.20. The van der Waals surface area contributed by atoms with Crippen LogP contribution in [0.2, 0.25) is 5.02 Å². The molecule has 0 saturated carbocycles. The number of aliphatic hydroxyl groups is 1. The number of halogens is 2. The van der Waals surface area contributed by atoms with Crippen LogP contribution >= 0.6 is 11.6 Å². The number of nitrogens with zero attached hydrogens (tertiary/aromatic N) is 5. The highest BCUT2D eigenvalue weighted by Gasteiger charge is 2.19. The number of amides is 1.